The van der Waals surface area contributed by atoms with Crippen molar-refractivity contribution in [1.29, 1.82) is 0 Å². The highest BCUT2D eigenvalue weighted by Gasteiger charge is 2.09. The monoisotopic (exact) mass is 273 g/mol. The molecule has 1 atom stereocenters. The van der Waals surface area contributed by atoms with Gasteiger partial charge in [0.2, 0.25) is 0 Å². The third kappa shape index (κ3) is 3.73. The minimum absolute atomic E-state index is 0.269. The summed E-state index contributed by atoms with van der Waals surface area (Å²) in [6, 6.07) is 15.3. The Morgan fingerprint density at radius 2 is 1.85 bits per heavy atom. The van der Waals surface area contributed by atoms with Gasteiger partial charge in [0, 0.05) is 6.54 Å². The van der Waals surface area contributed by atoms with E-state index in [0.29, 0.717) is 0 Å². The molecule has 0 aliphatic heterocycles. The topological polar surface area (TPSA) is 61.7 Å². The molecule has 0 fully saturated rings. The van der Waals surface area contributed by atoms with E-state index in [9.17, 15) is 5.11 Å². The predicted molar refractivity (Wildman–Crippen MR) is 79.3 cm³/mol. The lowest BCUT2D eigenvalue weighted by molar-refractivity contribution is 0.105. The molecule has 1 unspecified atom stereocenters. The van der Waals surface area contributed by atoms with Gasteiger partial charge in [-0.3, -0.25) is 0 Å². The lowest BCUT2D eigenvalue weighted by atomic mass is 10.2. The van der Waals surface area contributed by atoms with Crippen LogP contribution in [0.15, 0.2) is 48.5 Å². The number of benzene rings is 2. The van der Waals surface area contributed by atoms with Gasteiger partial charge in [-0.05, 0) is 30.7 Å². The van der Waals surface area contributed by atoms with Gasteiger partial charge >= 0.3 is 0 Å². The molecular weight excluding hydrogens is 254 g/mol. The Morgan fingerprint density at radius 3 is 2.55 bits per heavy atom. The lowest BCUT2D eigenvalue weighted by Gasteiger charge is -2.16. The van der Waals surface area contributed by atoms with Crippen LogP contribution in [0.1, 0.15) is 5.56 Å². The fourth-order valence-electron chi connectivity index (χ4n) is 1.83. The van der Waals surface area contributed by atoms with Crippen LogP contribution in [0.5, 0.6) is 11.5 Å². The van der Waals surface area contributed by atoms with Gasteiger partial charge in [0.15, 0.2) is 5.75 Å². The summed E-state index contributed by atoms with van der Waals surface area (Å²) in [6.07, 6.45) is -0.792. The van der Waals surface area contributed by atoms with Crippen molar-refractivity contribution < 1.29 is 14.9 Å². The number of hydrogen-bond acceptors (Lipinski definition) is 4. The number of hydrogen-bond donors (Lipinski definition) is 3. The summed E-state index contributed by atoms with van der Waals surface area (Å²) in [5.74, 6) is 1.48. The molecule has 0 aliphatic rings. The minimum atomic E-state index is -0.792. The molecule has 0 bridgehead atoms. The first-order valence-electron chi connectivity index (χ1n) is 6.56. The van der Waals surface area contributed by atoms with Crippen LogP contribution in [-0.2, 0) is 0 Å². The van der Waals surface area contributed by atoms with E-state index in [4.69, 9.17) is 9.84 Å². The molecule has 0 amide bonds. The Hall–Kier alpha value is -2.04. The molecule has 2 aromatic carbocycles. The van der Waals surface area contributed by atoms with Crippen molar-refractivity contribution in [3.8, 4) is 11.5 Å². The maximum atomic E-state index is 9.42. The van der Waals surface area contributed by atoms with Crippen LogP contribution in [0.2, 0.25) is 0 Å². The van der Waals surface area contributed by atoms with Crippen LogP contribution in [0.4, 0.5) is 5.69 Å². The Bertz CT molecular complexity index is 543. The van der Waals surface area contributed by atoms with Gasteiger partial charge in [0.05, 0.1) is 18.4 Å². The molecule has 106 valence electrons. The molecule has 4 nitrogen and oxygen atoms in total. The second kappa shape index (κ2) is 6.93. The Balaban J connectivity index is 2.18. The molecule has 0 heterocycles. The van der Waals surface area contributed by atoms with Gasteiger partial charge in [-0.1, -0.05) is 30.3 Å². The molecule has 0 saturated heterocycles. The van der Waals surface area contributed by atoms with E-state index in [1.165, 1.54) is 0 Å². The number of rotatable bonds is 6. The summed E-state index contributed by atoms with van der Waals surface area (Å²) < 4.78 is 5.90. The molecule has 2 rings (SSSR count). The van der Waals surface area contributed by atoms with Crippen LogP contribution in [-0.4, -0.2) is 29.5 Å². The number of nitrogens with one attached hydrogen (secondary N) is 1. The summed E-state index contributed by atoms with van der Waals surface area (Å²) in [6.45, 7) is 1.96. The highest BCUT2D eigenvalue weighted by atomic mass is 16.5. The normalized spacial score (nSPS) is 11.9. The van der Waals surface area contributed by atoms with E-state index < -0.39 is 6.10 Å². The molecule has 0 radical (unpaired) electrons. The largest absolute Gasteiger partial charge is 0.455 e. The zero-order valence-electron chi connectivity index (χ0n) is 11.4. The van der Waals surface area contributed by atoms with Crippen molar-refractivity contribution in [3.05, 3.63) is 54.1 Å². The van der Waals surface area contributed by atoms with Crippen LogP contribution in [0.25, 0.3) is 0 Å². The molecule has 0 aromatic heterocycles. The van der Waals surface area contributed by atoms with Gasteiger partial charge < -0.3 is 20.3 Å². The molecule has 4 heteroatoms. The van der Waals surface area contributed by atoms with Crippen molar-refractivity contribution in [2.24, 2.45) is 0 Å². The highest BCUT2D eigenvalue weighted by molar-refractivity contribution is 5.61. The second-order valence-corrected chi connectivity index (χ2v) is 4.58. The van der Waals surface area contributed by atoms with Crippen molar-refractivity contribution in [2.75, 3.05) is 18.5 Å². The third-order valence-electron chi connectivity index (χ3n) is 2.91. The number of aliphatic hydroxyl groups excluding tert-OH is 2. The molecule has 0 aliphatic carbocycles. The lowest BCUT2D eigenvalue weighted by Crippen LogP contribution is -2.23. The summed E-state index contributed by atoms with van der Waals surface area (Å²) in [5.41, 5.74) is 1.79. The van der Waals surface area contributed by atoms with E-state index in [1.54, 1.807) is 0 Å². The molecule has 3 N–H and O–H groups in total. The third-order valence-corrected chi connectivity index (χ3v) is 2.91. The molecule has 20 heavy (non-hydrogen) atoms. The van der Waals surface area contributed by atoms with Crippen molar-refractivity contribution >= 4 is 5.69 Å². The SMILES string of the molecule is Cc1cccc(NCC(O)CO)c1Oc1ccccc1. The van der Waals surface area contributed by atoms with Crippen molar-refractivity contribution in [2.45, 2.75) is 13.0 Å². The summed E-state index contributed by atoms with van der Waals surface area (Å²) in [5, 5.41) is 21.4. The summed E-state index contributed by atoms with van der Waals surface area (Å²) >= 11 is 0. The molecule has 0 spiro atoms. The average molecular weight is 273 g/mol. The maximum Gasteiger partial charge on any atom is 0.153 e. The molecule has 0 saturated carbocycles. The standard InChI is InChI=1S/C16H19NO3/c1-12-6-5-9-15(17-10-13(19)11-18)16(12)20-14-7-3-2-4-8-14/h2-9,13,17-19H,10-11H2,1H3. The van der Waals surface area contributed by atoms with Crippen LogP contribution >= 0.6 is 0 Å². The first-order chi connectivity index (χ1) is 9.70. The number of para-hydroxylation sites is 2. The number of aliphatic hydroxyl groups is 2. The van der Waals surface area contributed by atoms with Gasteiger partial charge in [-0.25, -0.2) is 0 Å². The van der Waals surface area contributed by atoms with Crippen LogP contribution < -0.4 is 10.1 Å². The summed E-state index contributed by atoms with van der Waals surface area (Å²) in [7, 11) is 0. The molecule has 2 aromatic rings. The number of aryl methyl sites for hydroxylation is 1. The zero-order chi connectivity index (χ0) is 14.4. The highest BCUT2D eigenvalue weighted by Crippen LogP contribution is 2.32. The van der Waals surface area contributed by atoms with Gasteiger partial charge in [-0.2, -0.15) is 0 Å². The predicted octanol–water partition coefficient (Wildman–Crippen LogP) is 2.55. The zero-order valence-corrected chi connectivity index (χ0v) is 11.4. The van der Waals surface area contributed by atoms with Crippen molar-refractivity contribution in [1.82, 2.24) is 0 Å². The van der Waals surface area contributed by atoms with E-state index in [-0.39, 0.29) is 13.2 Å². The van der Waals surface area contributed by atoms with E-state index in [0.717, 1.165) is 22.7 Å². The fraction of sp³-hybridized carbons (Fsp3) is 0.250. The second-order valence-electron chi connectivity index (χ2n) is 4.58. The minimum Gasteiger partial charge on any atom is -0.455 e. The quantitative estimate of drug-likeness (QED) is 0.757. The fourth-order valence-corrected chi connectivity index (χ4v) is 1.83. The Kier molecular flexibility index (Phi) is 4.98. The Morgan fingerprint density at radius 1 is 1.10 bits per heavy atom. The van der Waals surface area contributed by atoms with E-state index >= 15 is 0 Å². The smallest absolute Gasteiger partial charge is 0.153 e. The number of ether oxygens (including phenoxy) is 1. The van der Waals surface area contributed by atoms with E-state index in [2.05, 4.69) is 5.32 Å². The van der Waals surface area contributed by atoms with Gasteiger partial charge in [-0.15, -0.1) is 0 Å². The Labute approximate surface area is 118 Å². The van der Waals surface area contributed by atoms with Crippen LogP contribution in [0, 0.1) is 6.92 Å². The van der Waals surface area contributed by atoms with Gasteiger partial charge in [0.1, 0.15) is 5.75 Å². The number of anilines is 1. The first-order valence-corrected chi connectivity index (χ1v) is 6.56. The summed E-state index contributed by atoms with van der Waals surface area (Å²) in [4.78, 5) is 0. The average Bonchev–Trinajstić information content (AvgIpc) is 2.48. The maximum absolute atomic E-state index is 9.42. The van der Waals surface area contributed by atoms with E-state index in [1.807, 2.05) is 55.5 Å². The van der Waals surface area contributed by atoms with Gasteiger partial charge in [0.25, 0.3) is 0 Å². The molecular formula is C16H19NO3. The van der Waals surface area contributed by atoms with Crippen LogP contribution in [0.3, 0.4) is 0 Å². The van der Waals surface area contributed by atoms with Crippen molar-refractivity contribution in [3.63, 3.8) is 0 Å². The first kappa shape index (κ1) is 14.4.